The first kappa shape index (κ1) is 35.6. The fourth-order valence-corrected chi connectivity index (χ4v) is 5.86. The van der Waals surface area contributed by atoms with Gasteiger partial charge in [-0.3, -0.25) is 8.93 Å². The third-order valence-electron chi connectivity index (χ3n) is 6.54. The number of aromatic nitrogens is 1. The third-order valence-corrected chi connectivity index (χ3v) is 8.99. The zero-order valence-corrected chi connectivity index (χ0v) is 26.2. The maximum absolute atomic E-state index is 12.9. The number of nitrogens with zero attached hydrogens (tertiary/aromatic N) is 1. The Bertz CT molecular complexity index is 1580. The van der Waals surface area contributed by atoms with Crippen LogP contribution in [0.1, 0.15) is 55.5 Å². The van der Waals surface area contributed by atoms with Gasteiger partial charge in [0.2, 0.25) is 0 Å². The van der Waals surface area contributed by atoms with Crippen molar-refractivity contribution in [2.75, 3.05) is 18.4 Å². The lowest BCUT2D eigenvalue weighted by Crippen LogP contribution is -2.29. The summed E-state index contributed by atoms with van der Waals surface area (Å²) in [6.07, 6.45) is 9.33. The smallest absolute Gasteiger partial charge is 0.497 e. The standard InChI is InChI=1S/C31H35F3N2O7S2/c1-42-26-15-12-23(13-16-26)9-6-4-2-3-5-7-20-43-29-18-14-25(35-28(29)17-19-30(37)38)22-44(39)27-11-8-10-24(21-27)36-45(40,41)31(32,33)34/h8,10-19,21,36H,2-7,9,20,22H2,1H3,(H,37,38)/b19-17+. The van der Waals surface area contributed by atoms with Crippen LogP contribution >= 0.6 is 0 Å². The zero-order chi connectivity index (χ0) is 32.9. The first-order valence-electron chi connectivity index (χ1n) is 14.1. The number of alkyl halides is 3. The molecule has 244 valence electrons. The Morgan fingerprint density at radius 3 is 2.36 bits per heavy atom. The van der Waals surface area contributed by atoms with Crippen molar-refractivity contribution in [3.63, 3.8) is 0 Å². The molecule has 0 saturated carbocycles. The van der Waals surface area contributed by atoms with Crippen LogP contribution in [-0.4, -0.2) is 47.9 Å². The van der Waals surface area contributed by atoms with Gasteiger partial charge in [-0.05, 0) is 73.4 Å². The highest BCUT2D eigenvalue weighted by Crippen LogP contribution is 2.27. The Morgan fingerprint density at radius 1 is 1.00 bits per heavy atom. The normalized spacial score (nSPS) is 12.6. The summed E-state index contributed by atoms with van der Waals surface area (Å²) >= 11 is 0. The molecular formula is C31H35F3N2O7S2. The van der Waals surface area contributed by atoms with Crippen LogP contribution in [0.3, 0.4) is 0 Å². The number of benzene rings is 2. The van der Waals surface area contributed by atoms with E-state index in [0.717, 1.165) is 68.9 Å². The van der Waals surface area contributed by atoms with Crippen molar-refractivity contribution < 1.29 is 45.2 Å². The average Bonchev–Trinajstić information content (AvgIpc) is 2.99. The fraction of sp³-hybridized carbons (Fsp3) is 0.355. The lowest BCUT2D eigenvalue weighted by Gasteiger charge is -2.12. The highest BCUT2D eigenvalue weighted by Gasteiger charge is 2.46. The Kier molecular flexibility index (Phi) is 13.4. The summed E-state index contributed by atoms with van der Waals surface area (Å²) in [6, 6.07) is 16.0. The van der Waals surface area contributed by atoms with Crippen LogP contribution in [0.15, 0.2) is 71.6 Å². The lowest BCUT2D eigenvalue weighted by molar-refractivity contribution is -0.131. The molecule has 0 saturated heterocycles. The van der Waals surface area contributed by atoms with Crippen LogP contribution in [0, 0.1) is 0 Å². The fourth-order valence-electron chi connectivity index (χ4n) is 4.22. The van der Waals surface area contributed by atoms with Crippen molar-refractivity contribution in [1.29, 1.82) is 0 Å². The molecule has 9 nitrogen and oxygen atoms in total. The van der Waals surface area contributed by atoms with Crippen molar-refractivity contribution in [1.82, 2.24) is 4.98 Å². The van der Waals surface area contributed by atoms with E-state index in [1.807, 2.05) is 12.1 Å². The zero-order valence-electron chi connectivity index (χ0n) is 24.6. The summed E-state index contributed by atoms with van der Waals surface area (Å²) in [5.74, 6) is -0.159. The van der Waals surface area contributed by atoms with Gasteiger partial charge in [-0.2, -0.15) is 21.6 Å². The number of anilines is 1. The molecule has 0 aliphatic carbocycles. The molecule has 3 aromatic rings. The molecule has 2 aromatic carbocycles. The minimum atomic E-state index is -5.64. The number of unbranched alkanes of at least 4 members (excludes halogenated alkanes) is 5. The first-order chi connectivity index (χ1) is 21.4. The van der Waals surface area contributed by atoms with Gasteiger partial charge in [0.1, 0.15) is 17.2 Å². The number of hydrogen-bond acceptors (Lipinski definition) is 7. The van der Waals surface area contributed by atoms with Gasteiger partial charge in [-0.1, -0.05) is 43.9 Å². The topological polar surface area (TPSA) is 132 Å². The quantitative estimate of drug-likeness (QED) is 0.113. The molecule has 45 heavy (non-hydrogen) atoms. The maximum Gasteiger partial charge on any atom is 0.516 e. The molecule has 1 aromatic heterocycles. The van der Waals surface area contributed by atoms with Crippen LogP contribution in [-0.2, 0) is 37.8 Å². The second-order valence-corrected chi connectivity index (χ2v) is 13.1. The molecule has 0 amide bonds. The van der Waals surface area contributed by atoms with E-state index in [0.29, 0.717) is 18.1 Å². The number of ether oxygens (including phenoxy) is 2. The van der Waals surface area contributed by atoms with Crippen molar-refractivity contribution in [2.24, 2.45) is 0 Å². The Morgan fingerprint density at radius 2 is 1.69 bits per heavy atom. The summed E-state index contributed by atoms with van der Waals surface area (Å²) in [5.41, 5.74) is -4.09. The molecule has 0 radical (unpaired) electrons. The van der Waals surface area contributed by atoms with Crippen molar-refractivity contribution in [3.8, 4) is 11.5 Å². The summed E-state index contributed by atoms with van der Waals surface area (Å²) in [4.78, 5) is 15.6. The molecule has 3 rings (SSSR count). The molecule has 0 fully saturated rings. The monoisotopic (exact) mass is 668 g/mol. The van der Waals surface area contributed by atoms with Gasteiger partial charge in [0.25, 0.3) is 0 Å². The molecule has 1 heterocycles. The van der Waals surface area contributed by atoms with Crippen LogP contribution < -0.4 is 14.2 Å². The molecule has 0 aliphatic heterocycles. The van der Waals surface area contributed by atoms with Gasteiger partial charge in [-0.15, -0.1) is 0 Å². The first-order valence-corrected chi connectivity index (χ1v) is 16.9. The average molecular weight is 669 g/mol. The van der Waals surface area contributed by atoms with E-state index >= 15 is 0 Å². The highest BCUT2D eigenvalue weighted by atomic mass is 32.2. The van der Waals surface area contributed by atoms with Crippen LogP contribution in [0.25, 0.3) is 6.08 Å². The number of pyridine rings is 1. The van der Waals surface area contributed by atoms with Gasteiger partial charge in [0, 0.05) is 16.7 Å². The van der Waals surface area contributed by atoms with E-state index in [-0.39, 0.29) is 16.3 Å². The number of aryl methyl sites for hydroxylation is 1. The molecule has 0 bridgehead atoms. The van der Waals surface area contributed by atoms with E-state index in [2.05, 4.69) is 17.1 Å². The number of nitrogens with one attached hydrogen (secondary N) is 1. The van der Waals surface area contributed by atoms with Gasteiger partial charge >= 0.3 is 21.5 Å². The predicted molar refractivity (Wildman–Crippen MR) is 166 cm³/mol. The van der Waals surface area contributed by atoms with Gasteiger partial charge in [0.05, 0.1) is 36.0 Å². The second kappa shape index (κ2) is 17.0. The van der Waals surface area contributed by atoms with E-state index in [1.54, 1.807) is 19.2 Å². The van der Waals surface area contributed by atoms with Crippen LogP contribution in [0.4, 0.5) is 18.9 Å². The Labute approximate surface area is 263 Å². The van der Waals surface area contributed by atoms with E-state index in [1.165, 1.54) is 28.5 Å². The van der Waals surface area contributed by atoms with E-state index in [9.17, 15) is 30.6 Å². The summed E-state index contributed by atoms with van der Waals surface area (Å²) in [5, 5.41) is 9.08. The van der Waals surface area contributed by atoms with Gasteiger partial charge < -0.3 is 14.6 Å². The second-order valence-electron chi connectivity index (χ2n) is 9.99. The molecule has 0 aliphatic rings. The highest BCUT2D eigenvalue weighted by molar-refractivity contribution is 7.93. The number of carbonyl (C=O) groups is 1. The number of aliphatic carboxylic acids is 1. The molecule has 1 unspecified atom stereocenters. The van der Waals surface area contributed by atoms with E-state index < -0.39 is 38.0 Å². The van der Waals surface area contributed by atoms with Crippen molar-refractivity contribution in [3.05, 3.63) is 83.7 Å². The Balaban J connectivity index is 1.50. The number of carboxylic acid groups (broad SMARTS) is 1. The molecule has 2 N–H and O–H groups in total. The molecular weight excluding hydrogens is 633 g/mol. The number of carboxylic acids is 1. The number of sulfonamides is 1. The van der Waals surface area contributed by atoms with Gasteiger partial charge in [-0.25, -0.2) is 9.78 Å². The Hall–Kier alpha value is -3.91. The van der Waals surface area contributed by atoms with Gasteiger partial charge in [0.15, 0.2) is 0 Å². The maximum atomic E-state index is 12.9. The summed E-state index contributed by atoms with van der Waals surface area (Å²) in [7, 11) is -5.80. The largest absolute Gasteiger partial charge is 0.516 e. The van der Waals surface area contributed by atoms with Crippen molar-refractivity contribution in [2.45, 2.75) is 61.1 Å². The van der Waals surface area contributed by atoms with E-state index in [4.69, 9.17) is 14.6 Å². The number of hydrogen-bond donors (Lipinski definition) is 2. The SMILES string of the molecule is COc1ccc(CCCCCCCCOc2ccc(CS(=O)c3cccc(NS(=O)(=O)C(F)(F)F)c3)nc2/C=C/C(=O)O)cc1. The molecule has 1 atom stereocenters. The number of methoxy groups -OCH3 is 1. The summed E-state index contributed by atoms with van der Waals surface area (Å²) < 4.78 is 86.4. The predicted octanol–water partition coefficient (Wildman–Crippen LogP) is 6.72. The van der Waals surface area contributed by atoms with Crippen LogP contribution in [0.2, 0.25) is 0 Å². The molecule has 14 heteroatoms. The molecule has 0 spiro atoms. The number of halogens is 3. The minimum Gasteiger partial charge on any atom is -0.497 e. The minimum absolute atomic E-state index is 0.0721. The number of rotatable bonds is 18. The van der Waals surface area contributed by atoms with Crippen molar-refractivity contribution >= 4 is 38.6 Å². The van der Waals surface area contributed by atoms with Crippen LogP contribution in [0.5, 0.6) is 11.5 Å². The third kappa shape index (κ3) is 11.8. The summed E-state index contributed by atoms with van der Waals surface area (Å²) in [6.45, 7) is 0.396. The lowest BCUT2D eigenvalue weighted by atomic mass is 10.0.